The van der Waals surface area contributed by atoms with Gasteiger partial charge in [0.15, 0.2) is 6.61 Å². The van der Waals surface area contributed by atoms with Crippen molar-refractivity contribution in [1.29, 1.82) is 0 Å². The van der Waals surface area contributed by atoms with Crippen LogP contribution in [0.4, 0.5) is 4.79 Å². The zero-order chi connectivity index (χ0) is 20.4. The molecule has 1 atom stereocenters. The van der Waals surface area contributed by atoms with Crippen molar-refractivity contribution >= 4 is 17.1 Å². The van der Waals surface area contributed by atoms with E-state index in [1.54, 1.807) is 11.8 Å². The molecule has 1 amide bonds. The van der Waals surface area contributed by atoms with Gasteiger partial charge in [-0.1, -0.05) is 18.1 Å². The van der Waals surface area contributed by atoms with Gasteiger partial charge in [0.25, 0.3) is 0 Å². The number of aromatic amines is 1. The number of para-hydroxylation sites is 2. The highest BCUT2D eigenvalue weighted by atomic mass is 16.6. The van der Waals surface area contributed by atoms with Crippen molar-refractivity contribution in [3.63, 3.8) is 0 Å². The van der Waals surface area contributed by atoms with Crippen molar-refractivity contribution in [3.8, 4) is 11.8 Å². The van der Waals surface area contributed by atoms with Crippen LogP contribution in [-0.4, -0.2) is 63.8 Å². The number of piperidine rings is 1. The molecule has 2 aromatic rings. The average molecular weight is 399 g/mol. The van der Waals surface area contributed by atoms with Gasteiger partial charge in [-0.25, -0.2) is 9.59 Å². The summed E-state index contributed by atoms with van der Waals surface area (Å²) in [6.07, 6.45) is 2.50. The van der Waals surface area contributed by atoms with Crippen molar-refractivity contribution in [1.82, 2.24) is 19.4 Å². The van der Waals surface area contributed by atoms with E-state index >= 15 is 0 Å². The number of likely N-dealkylation sites (tertiary alicyclic amines) is 2. The van der Waals surface area contributed by atoms with Crippen LogP contribution in [0.15, 0.2) is 29.1 Å². The molecule has 7 nitrogen and oxygen atoms in total. The Morgan fingerprint density at radius 3 is 2.83 bits per heavy atom. The fourth-order valence-electron chi connectivity index (χ4n) is 4.72. The van der Waals surface area contributed by atoms with Gasteiger partial charge in [0.05, 0.1) is 11.0 Å². The fraction of sp³-hybridized carbons (Fsp3) is 0.545. The van der Waals surface area contributed by atoms with Crippen LogP contribution in [-0.2, 0) is 4.74 Å². The maximum absolute atomic E-state index is 12.5. The Hall–Kier alpha value is -2.72. The van der Waals surface area contributed by atoms with Crippen LogP contribution in [0.25, 0.3) is 11.0 Å². The maximum atomic E-state index is 12.5. The quantitative estimate of drug-likeness (QED) is 0.807. The molecule has 0 spiro atoms. The first kappa shape index (κ1) is 19.6. The number of hydrogen-bond acceptors (Lipinski definition) is 4. The van der Waals surface area contributed by atoms with E-state index in [2.05, 4.69) is 28.6 Å². The molecule has 7 heteroatoms. The molecular weight excluding hydrogens is 368 g/mol. The van der Waals surface area contributed by atoms with Crippen LogP contribution in [0, 0.1) is 11.8 Å². The van der Waals surface area contributed by atoms with Crippen molar-refractivity contribution in [2.45, 2.75) is 44.7 Å². The minimum atomic E-state index is -0.281. The first-order chi connectivity index (χ1) is 14.0. The molecule has 2 aliphatic heterocycles. The summed E-state index contributed by atoms with van der Waals surface area (Å²) >= 11 is 0. The van der Waals surface area contributed by atoms with Crippen molar-refractivity contribution < 1.29 is 11.0 Å². The van der Waals surface area contributed by atoms with Crippen LogP contribution >= 0.6 is 0 Å². The molecule has 1 unspecified atom stereocenters. The third-order valence-electron chi connectivity index (χ3n) is 6.37. The molecule has 4 rings (SSSR count). The van der Waals surface area contributed by atoms with Crippen LogP contribution < -0.4 is 5.69 Å². The molecule has 0 bridgehead atoms. The Balaban J connectivity index is 0.00000256. The average Bonchev–Trinajstić information content (AvgIpc) is 3.29. The van der Waals surface area contributed by atoms with Gasteiger partial charge >= 0.3 is 11.8 Å². The highest BCUT2D eigenvalue weighted by molar-refractivity contribution is 5.75. The van der Waals surface area contributed by atoms with Crippen molar-refractivity contribution in [3.05, 3.63) is 34.7 Å². The monoisotopic (exact) mass is 398 g/mol. The van der Waals surface area contributed by atoms with E-state index in [1.165, 1.54) is 0 Å². The first-order valence-corrected chi connectivity index (χ1v) is 10.3. The molecule has 2 aliphatic rings. The lowest BCUT2D eigenvalue weighted by Crippen LogP contribution is -2.52. The predicted molar refractivity (Wildman–Crippen MR) is 114 cm³/mol. The summed E-state index contributed by atoms with van der Waals surface area (Å²) in [6.45, 7) is 7.31. The number of H-pyrrole nitrogens is 1. The molecule has 3 heterocycles. The van der Waals surface area contributed by atoms with Gasteiger partial charge in [0.2, 0.25) is 0 Å². The molecule has 0 radical (unpaired) electrons. The SMILES string of the molecule is CC#CCOC(=O)N1CCC(C)(N2CCC(n3c(=O)[nH]c4ccccc43)CC2)C1.[HH]. The number of imidazole rings is 1. The number of rotatable bonds is 3. The summed E-state index contributed by atoms with van der Waals surface area (Å²) in [6, 6.07) is 8.07. The normalized spacial score (nSPS) is 23.2. The van der Waals surface area contributed by atoms with Gasteiger partial charge in [-0.2, -0.15) is 0 Å². The molecule has 0 saturated carbocycles. The van der Waals surface area contributed by atoms with E-state index in [0.29, 0.717) is 13.1 Å². The second-order valence-corrected chi connectivity index (χ2v) is 8.19. The summed E-state index contributed by atoms with van der Waals surface area (Å²) in [5, 5.41) is 0. The molecule has 2 saturated heterocycles. The predicted octanol–water partition coefficient (Wildman–Crippen LogP) is 2.84. The number of fused-ring (bicyclic) bond motifs is 1. The van der Waals surface area contributed by atoms with Crippen LogP contribution in [0.1, 0.15) is 40.6 Å². The lowest BCUT2D eigenvalue weighted by molar-refractivity contribution is 0.0650. The maximum Gasteiger partial charge on any atom is 0.410 e. The Kier molecular flexibility index (Phi) is 5.37. The lowest BCUT2D eigenvalue weighted by Gasteiger charge is -2.43. The molecule has 1 aromatic heterocycles. The Morgan fingerprint density at radius 2 is 2.07 bits per heavy atom. The molecule has 1 aromatic carbocycles. The largest absolute Gasteiger partial charge is 0.436 e. The van der Waals surface area contributed by atoms with Gasteiger partial charge in [-0.05, 0) is 45.2 Å². The standard InChI is InChI=1S/C22H28N4O3.H2/c1-3-4-15-29-21(28)24-14-11-22(2,16-24)25-12-9-17(10-13-25)26-19-8-6-5-7-18(19)23-20(26)27;/h5-8,17H,9-16H2,1-2H3,(H,23,27);1H. The van der Waals surface area contributed by atoms with Crippen LogP contribution in [0.2, 0.25) is 0 Å². The van der Waals surface area contributed by atoms with E-state index in [1.807, 2.05) is 28.8 Å². The number of ether oxygens (including phenoxy) is 1. The zero-order valence-corrected chi connectivity index (χ0v) is 17.1. The molecular formula is C22H30N4O3. The molecule has 0 aliphatic carbocycles. The van der Waals surface area contributed by atoms with Gasteiger partial charge in [-0.3, -0.25) is 9.47 Å². The summed E-state index contributed by atoms with van der Waals surface area (Å²) in [5.74, 6) is 5.49. The second-order valence-electron chi connectivity index (χ2n) is 8.19. The third kappa shape index (κ3) is 3.77. The summed E-state index contributed by atoms with van der Waals surface area (Å²) in [5.41, 5.74) is 1.79. The topological polar surface area (TPSA) is 70.6 Å². The number of nitrogens with one attached hydrogen (secondary N) is 1. The third-order valence-corrected chi connectivity index (χ3v) is 6.37. The number of hydrogen-bond donors (Lipinski definition) is 1. The highest BCUT2D eigenvalue weighted by Gasteiger charge is 2.42. The number of nitrogens with zero attached hydrogens (tertiary/aromatic N) is 3. The second kappa shape index (κ2) is 7.96. The van der Waals surface area contributed by atoms with Gasteiger partial charge < -0.3 is 14.6 Å². The molecule has 1 N–H and O–H groups in total. The Morgan fingerprint density at radius 1 is 1.31 bits per heavy atom. The number of benzene rings is 1. The van der Waals surface area contributed by atoms with Crippen molar-refractivity contribution in [2.75, 3.05) is 32.8 Å². The summed E-state index contributed by atoms with van der Waals surface area (Å²) < 4.78 is 7.14. The van der Waals surface area contributed by atoms with E-state index in [9.17, 15) is 9.59 Å². The number of aromatic nitrogens is 2. The summed E-state index contributed by atoms with van der Waals surface area (Å²) in [4.78, 5) is 32.0. The van der Waals surface area contributed by atoms with Crippen molar-refractivity contribution in [2.24, 2.45) is 0 Å². The Bertz CT molecular complexity index is 1010. The van der Waals surface area contributed by atoms with Gasteiger partial charge in [0, 0.05) is 39.2 Å². The lowest BCUT2D eigenvalue weighted by atomic mass is 9.94. The fourth-order valence-corrected chi connectivity index (χ4v) is 4.72. The first-order valence-electron chi connectivity index (χ1n) is 10.3. The minimum Gasteiger partial charge on any atom is -0.436 e. The minimum absolute atomic E-state index is 0. The molecule has 29 heavy (non-hydrogen) atoms. The van der Waals surface area contributed by atoms with E-state index in [-0.39, 0.29) is 31.4 Å². The van der Waals surface area contributed by atoms with Crippen LogP contribution in [0.5, 0.6) is 0 Å². The molecule has 156 valence electrons. The van der Waals surface area contributed by atoms with E-state index < -0.39 is 0 Å². The number of carbonyl (C=O) groups excluding carboxylic acids is 1. The Labute approximate surface area is 172 Å². The highest BCUT2D eigenvalue weighted by Crippen LogP contribution is 2.33. The zero-order valence-electron chi connectivity index (χ0n) is 17.1. The van der Waals surface area contributed by atoms with E-state index in [0.717, 1.165) is 43.4 Å². The number of carbonyl (C=O) groups is 1. The smallest absolute Gasteiger partial charge is 0.410 e. The van der Waals surface area contributed by atoms with Gasteiger partial charge in [-0.15, -0.1) is 5.92 Å². The van der Waals surface area contributed by atoms with Gasteiger partial charge in [0.1, 0.15) is 0 Å². The molecule has 2 fully saturated rings. The number of amides is 1. The summed E-state index contributed by atoms with van der Waals surface area (Å²) in [7, 11) is 0. The van der Waals surface area contributed by atoms with Crippen LogP contribution in [0.3, 0.4) is 0 Å². The van der Waals surface area contributed by atoms with E-state index in [4.69, 9.17) is 4.74 Å².